The van der Waals surface area contributed by atoms with Crippen LogP contribution in [0.2, 0.25) is 0 Å². The van der Waals surface area contributed by atoms with Crippen molar-refractivity contribution < 1.29 is 0 Å². The Balaban J connectivity index is 0.000000140. The molecule has 2 aliphatic carbocycles. The van der Waals surface area contributed by atoms with E-state index < -0.39 is 0 Å². The summed E-state index contributed by atoms with van der Waals surface area (Å²) in [4.78, 5) is 0. The van der Waals surface area contributed by atoms with E-state index in [0.717, 1.165) is 11.8 Å². The van der Waals surface area contributed by atoms with Gasteiger partial charge in [-0.2, -0.15) is 0 Å². The van der Waals surface area contributed by atoms with E-state index in [4.69, 9.17) is 0 Å². The lowest BCUT2D eigenvalue weighted by Gasteiger charge is -2.15. The molecule has 0 saturated heterocycles. The van der Waals surface area contributed by atoms with Crippen LogP contribution in [0.25, 0.3) is 0 Å². The predicted octanol–water partition coefficient (Wildman–Crippen LogP) is 4.95. The van der Waals surface area contributed by atoms with Gasteiger partial charge in [0.25, 0.3) is 0 Å². The first-order valence-corrected chi connectivity index (χ1v) is 6.45. The van der Waals surface area contributed by atoms with Crippen molar-refractivity contribution in [2.45, 2.75) is 65.2 Å². The summed E-state index contributed by atoms with van der Waals surface area (Å²) >= 11 is 0. The summed E-state index contributed by atoms with van der Waals surface area (Å²) in [6.07, 6.45) is 16.1. The lowest BCUT2D eigenvalue weighted by atomic mass is 9.91. The summed E-state index contributed by atoms with van der Waals surface area (Å²) in [7, 11) is 0. The zero-order valence-corrected chi connectivity index (χ0v) is 9.97. The molecule has 0 heterocycles. The van der Waals surface area contributed by atoms with Gasteiger partial charge in [-0.15, -0.1) is 0 Å². The molecule has 0 aromatic rings. The van der Waals surface area contributed by atoms with Gasteiger partial charge in [-0.1, -0.05) is 58.1 Å². The first-order valence-electron chi connectivity index (χ1n) is 6.45. The lowest BCUT2D eigenvalue weighted by molar-refractivity contribution is 0.385. The molecule has 14 heavy (non-hydrogen) atoms. The van der Waals surface area contributed by atoms with Gasteiger partial charge in [0, 0.05) is 0 Å². The maximum atomic E-state index is 2.36. The molecule has 0 N–H and O–H groups in total. The molecular formula is C14H26. The monoisotopic (exact) mass is 194 g/mol. The number of hydrogen-bond acceptors (Lipinski definition) is 0. The van der Waals surface area contributed by atoms with Crippen LogP contribution in [0.3, 0.4) is 0 Å². The van der Waals surface area contributed by atoms with Crippen molar-refractivity contribution >= 4 is 0 Å². The molecule has 0 amide bonds. The molecule has 1 atom stereocenters. The molecule has 2 aliphatic rings. The van der Waals surface area contributed by atoms with E-state index in [1.54, 1.807) is 0 Å². The number of rotatable bonds is 0. The van der Waals surface area contributed by atoms with Gasteiger partial charge < -0.3 is 0 Å². The number of allylic oxidation sites excluding steroid dienone is 2. The molecule has 1 fully saturated rings. The fourth-order valence-electron chi connectivity index (χ4n) is 2.29. The Labute approximate surface area is 89.8 Å². The second kappa shape index (κ2) is 7.09. The highest BCUT2D eigenvalue weighted by Crippen LogP contribution is 2.22. The standard InChI is InChI=1S/C7H14.C7H12/c2*1-7-5-3-2-4-6-7/h7H,2-6H2,1H3;3,5,7H,2,4,6H2,1H3. The smallest absolute Gasteiger partial charge is 0.0262 e. The third-order valence-electron chi connectivity index (χ3n) is 3.39. The van der Waals surface area contributed by atoms with Crippen LogP contribution in [0.1, 0.15) is 65.2 Å². The molecule has 0 bridgehead atoms. The third kappa shape index (κ3) is 5.47. The van der Waals surface area contributed by atoms with Crippen molar-refractivity contribution in [3.05, 3.63) is 12.2 Å². The fourth-order valence-corrected chi connectivity index (χ4v) is 2.29. The summed E-state index contributed by atoms with van der Waals surface area (Å²) in [6, 6.07) is 0. The van der Waals surface area contributed by atoms with Crippen molar-refractivity contribution in [2.75, 3.05) is 0 Å². The predicted molar refractivity (Wildman–Crippen MR) is 64.4 cm³/mol. The molecule has 1 unspecified atom stereocenters. The quantitative estimate of drug-likeness (QED) is 0.479. The van der Waals surface area contributed by atoms with Gasteiger partial charge in [-0.25, -0.2) is 0 Å². The SMILES string of the molecule is CC1C=CCCC1.CC1CCCCC1. The topological polar surface area (TPSA) is 0 Å². The summed E-state index contributed by atoms with van der Waals surface area (Å²) in [5, 5.41) is 0. The molecule has 1 saturated carbocycles. The highest BCUT2D eigenvalue weighted by Gasteiger charge is 2.05. The zero-order valence-electron chi connectivity index (χ0n) is 9.97. The van der Waals surface area contributed by atoms with Gasteiger partial charge in [0.15, 0.2) is 0 Å². The van der Waals surface area contributed by atoms with Crippen LogP contribution in [0.15, 0.2) is 12.2 Å². The Kier molecular flexibility index (Phi) is 5.98. The molecule has 0 nitrogen and oxygen atoms in total. The molecular weight excluding hydrogens is 168 g/mol. The molecule has 2 rings (SSSR count). The average molecular weight is 194 g/mol. The maximum Gasteiger partial charge on any atom is -0.0262 e. The average Bonchev–Trinajstić information content (AvgIpc) is 2.21. The largest absolute Gasteiger partial charge is 0.0883 e. The van der Waals surface area contributed by atoms with E-state index in [0.29, 0.717) is 0 Å². The van der Waals surface area contributed by atoms with Crippen LogP contribution in [0.5, 0.6) is 0 Å². The maximum absolute atomic E-state index is 2.36. The second-order valence-electron chi connectivity index (χ2n) is 5.08. The van der Waals surface area contributed by atoms with Gasteiger partial charge in [0.05, 0.1) is 0 Å². The highest BCUT2D eigenvalue weighted by molar-refractivity contribution is 4.90. The van der Waals surface area contributed by atoms with Crippen molar-refractivity contribution in [1.82, 2.24) is 0 Å². The van der Waals surface area contributed by atoms with E-state index in [9.17, 15) is 0 Å². The van der Waals surface area contributed by atoms with Crippen LogP contribution < -0.4 is 0 Å². The highest BCUT2D eigenvalue weighted by atomic mass is 14.1. The minimum atomic E-state index is 0.855. The molecule has 0 heteroatoms. The van der Waals surface area contributed by atoms with Gasteiger partial charge in [-0.3, -0.25) is 0 Å². The minimum absolute atomic E-state index is 0.855. The van der Waals surface area contributed by atoms with Gasteiger partial charge in [-0.05, 0) is 31.1 Å². The Morgan fingerprint density at radius 3 is 1.86 bits per heavy atom. The molecule has 82 valence electrons. The van der Waals surface area contributed by atoms with Gasteiger partial charge in [0.2, 0.25) is 0 Å². The van der Waals surface area contributed by atoms with Crippen molar-refractivity contribution in [3.8, 4) is 0 Å². The second-order valence-corrected chi connectivity index (χ2v) is 5.08. The van der Waals surface area contributed by atoms with Crippen molar-refractivity contribution in [3.63, 3.8) is 0 Å². The van der Waals surface area contributed by atoms with Crippen molar-refractivity contribution in [2.24, 2.45) is 11.8 Å². The van der Waals surface area contributed by atoms with Gasteiger partial charge in [0.1, 0.15) is 0 Å². The van der Waals surface area contributed by atoms with E-state index >= 15 is 0 Å². The Bertz CT molecular complexity index is 151. The number of hydrogen-bond donors (Lipinski definition) is 0. The van der Waals surface area contributed by atoms with E-state index in [2.05, 4.69) is 26.0 Å². The van der Waals surface area contributed by atoms with E-state index in [1.165, 1.54) is 51.4 Å². The van der Waals surface area contributed by atoms with Gasteiger partial charge >= 0.3 is 0 Å². The van der Waals surface area contributed by atoms with Crippen molar-refractivity contribution in [1.29, 1.82) is 0 Å². The normalized spacial score (nSPS) is 28.0. The Hall–Kier alpha value is -0.260. The Morgan fingerprint density at radius 1 is 0.857 bits per heavy atom. The summed E-state index contributed by atoms with van der Waals surface area (Å²) in [5.41, 5.74) is 0. The molecule has 0 aromatic heterocycles. The summed E-state index contributed by atoms with van der Waals surface area (Å²) in [5.74, 6) is 1.89. The fraction of sp³-hybridized carbons (Fsp3) is 0.857. The molecule has 0 spiro atoms. The zero-order chi connectivity index (χ0) is 10.2. The van der Waals surface area contributed by atoms with E-state index in [1.807, 2.05) is 0 Å². The van der Waals surface area contributed by atoms with Crippen LogP contribution in [0.4, 0.5) is 0 Å². The van der Waals surface area contributed by atoms with Crippen LogP contribution >= 0.6 is 0 Å². The molecule has 0 aliphatic heterocycles. The summed E-state index contributed by atoms with van der Waals surface area (Å²) < 4.78 is 0. The first-order chi connectivity index (χ1) is 6.79. The molecule has 0 radical (unpaired) electrons. The van der Waals surface area contributed by atoms with Crippen LogP contribution in [0, 0.1) is 11.8 Å². The van der Waals surface area contributed by atoms with Crippen LogP contribution in [-0.2, 0) is 0 Å². The minimum Gasteiger partial charge on any atom is -0.0883 e. The molecule has 0 aromatic carbocycles. The van der Waals surface area contributed by atoms with E-state index in [-0.39, 0.29) is 0 Å². The summed E-state index contributed by atoms with van der Waals surface area (Å²) in [6.45, 7) is 4.63. The first kappa shape index (κ1) is 11.8. The third-order valence-corrected chi connectivity index (χ3v) is 3.39. The lowest BCUT2D eigenvalue weighted by Crippen LogP contribution is -1.99. The Morgan fingerprint density at radius 2 is 1.57 bits per heavy atom. The van der Waals surface area contributed by atoms with Crippen LogP contribution in [-0.4, -0.2) is 0 Å².